The third kappa shape index (κ3) is 3.20. The van der Waals surface area contributed by atoms with E-state index in [2.05, 4.69) is 5.32 Å². The Morgan fingerprint density at radius 2 is 1.88 bits per heavy atom. The molecule has 1 rings (SSSR count). The first-order valence-electron chi connectivity index (χ1n) is 4.89. The first-order chi connectivity index (χ1) is 7.35. The van der Waals surface area contributed by atoms with Crippen LogP contribution in [0.3, 0.4) is 0 Å². The number of carbonyl (C=O) groups is 3. The van der Waals surface area contributed by atoms with Gasteiger partial charge in [0, 0.05) is 6.42 Å². The summed E-state index contributed by atoms with van der Waals surface area (Å²) in [5.41, 5.74) is 4.63. The van der Waals surface area contributed by atoms with Crippen LogP contribution in [0.4, 0.5) is 0 Å². The third-order valence-corrected chi connectivity index (χ3v) is 2.49. The first kappa shape index (κ1) is 12.4. The number of hydrogen-bond donors (Lipinski definition) is 4. The van der Waals surface area contributed by atoms with Crippen LogP contribution in [-0.4, -0.2) is 39.6 Å². The van der Waals surface area contributed by atoms with Gasteiger partial charge >= 0.3 is 11.9 Å². The van der Waals surface area contributed by atoms with Gasteiger partial charge in [-0.2, -0.15) is 0 Å². The average Bonchev–Trinajstić information content (AvgIpc) is 2.91. The second kappa shape index (κ2) is 4.48. The number of carbonyl (C=O) groups excluding carboxylic acids is 1. The standard InChI is InChI=1S/C9H14N2O5/c10-9(3-4-9)8(16)11-5(7(14)15)1-2-6(12)13/h5H,1-4,10H2,(H,11,16)(H,12,13)(H,14,15). The molecule has 16 heavy (non-hydrogen) atoms. The number of carboxylic acids is 2. The maximum Gasteiger partial charge on any atom is 0.326 e. The number of amides is 1. The molecule has 1 unspecified atom stereocenters. The third-order valence-electron chi connectivity index (χ3n) is 2.49. The van der Waals surface area contributed by atoms with E-state index >= 15 is 0 Å². The Bertz CT molecular complexity index is 324. The van der Waals surface area contributed by atoms with Crippen LogP contribution in [0, 0.1) is 0 Å². The lowest BCUT2D eigenvalue weighted by atomic mass is 10.1. The molecule has 7 nitrogen and oxygen atoms in total. The van der Waals surface area contributed by atoms with Gasteiger partial charge in [0.2, 0.25) is 5.91 Å². The molecular formula is C9H14N2O5. The van der Waals surface area contributed by atoms with Gasteiger partial charge in [-0.1, -0.05) is 0 Å². The molecule has 7 heteroatoms. The summed E-state index contributed by atoms with van der Waals surface area (Å²) in [5.74, 6) is -2.88. The molecule has 1 saturated carbocycles. The van der Waals surface area contributed by atoms with Crippen molar-refractivity contribution in [1.82, 2.24) is 5.32 Å². The lowest BCUT2D eigenvalue weighted by Crippen LogP contribution is -2.50. The van der Waals surface area contributed by atoms with E-state index < -0.39 is 29.4 Å². The summed E-state index contributed by atoms with van der Waals surface area (Å²) < 4.78 is 0. The zero-order valence-corrected chi connectivity index (χ0v) is 8.60. The Morgan fingerprint density at radius 3 is 2.25 bits per heavy atom. The Hall–Kier alpha value is -1.63. The number of nitrogens with one attached hydrogen (secondary N) is 1. The highest BCUT2D eigenvalue weighted by Crippen LogP contribution is 2.32. The van der Waals surface area contributed by atoms with Crippen molar-refractivity contribution >= 4 is 17.8 Å². The number of aliphatic carboxylic acids is 2. The van der Waals surface area contributed by atoms with Crippen molar-refractivity contribution in [3.05, 3.63) is 0 Å². The van der Waals surface area contributed by atoms with E-state index in [1.165, 1.54) is 0 Å². The van der Waals surface area contributed by atoms with Gasteiger partial charge in [-0.05, 0) is 19.3 Å². The highest BCUT2D eigenvalue weighted by atomic mass is 16.4. The van der Waals surface area contributed by atoms with Gasteiger partial charge in [-0.25, -0.2) is 4.79 Å². The van der Waals surface area contributed by atoms with E-state index in [1.54, 1.807) is 0 Å². The van der Waals surface area contributed by atoms with E-state index in [0.717, 1.165) is 0 Å². The van der Waals surface area contributed by atoms with Gasteiger partial charge in [0.25, 0.3) is 0 Å². The van der Waals surface area contributed by atoms with Gasteiger partial charge in [0.1, 0.15) is 6.04 Å². The fraction of sp³-hybridized carbons (Fsp3) is 0.667. The predicted octanol–water partition coefficient (Wildman–Crippen LogP) is -1.09. The maximum absolute atomic E-state index is 11.4. The van der Waals surface area contributed by atoms with Crippen LogP contribution < -0.4 is 11.1 Å². The Morgan fingerprint density at radius 1 is 1.31 bits per heavy atom. The maximum atomic E-state index is 11.4. The van der Waals surface area contributed by atoms with E-state index in [1.807, 2.05) is 0 Å². The lowest BCUT2D eigenvalue weighted by molar-refractivity contribution is -0.143. The van der Waals surface area contributed by atoms with Crippen LogP contribution in [0.2, 0.25) is 0 Å². The monoisotopic (exact) mass is 230 g/mol. The molecule has 0 saturated heterocycles. The molecule has 0 aromatic heterocycles. The Labute approximate surface area is 91.6 Å². The normalized spacial score (nSPS) is 18.6. The molecule has 1 amide bonds. The lowest BCUT2D eigenvalue weighted by Gasteiger charge is -2.16. The van der Waals surface area contributed by atoms with Crippen LogP contribution >= 0.6 is 0 Å². The molecule has 0 aliphatic heterocycles. The molecule has 90 valence electrons. The van der Waals surface area contributed by atoms with Gasteiger partial charge in [-0.15, -0.1) is 0 Å². The van der Waals surface area contributed by atoms with Crippen LogP contribution in [0.25, 0.3) is 0 Å². The van der Waals surface area contributed by atoms with Gasteiger partial charge in [0.15, 0.2) is 0 Å². The largest absolute Gasteiger partial charge is 0.481 e. The van der Waals surface area contributed by atoms with E-state index in [0.29, 0.717) is 12.8 Å². The highest BCUT2D eigenvalue weighted by Gasteiger charge is 2.46. The molecule has 0 bridgehead atoms. The van der Waals surface area contributed by atoms with Gasteiger partial charge in [0.05, 0.1) is 5.54 Å². The van der Waals surface area contributed by atoms with Crippen molar-refractivity contribution in [2.45, 2.75) is 37.3 Å². The van der Waals surface area contributed by atoms with E-state index in [-0.39, 0.29) is 12.8 Å². The average molecular weight is 230 g/mol. The van der Waals surface area contributed by atoms with E-state index in [4.69, 9.17) is 15.9 Å². The SMILES string of the molecule is NC1(C(=O)NC(CCC(=O)O)C(=O)O)CC1. The molecule has 0 aromatic carbocycles. The Kier molecular flexibility index (Phi) is 3.48. The first-order valence-corrected chi connectivity index (χ1v) is 4.89. The van der Waals surface area contributed by atoms with Crippen molar-refractivity contribution in [1.29, 1.82) is 0 Å². The second-order valence-electron chi connectivity index (χ2n) is 3.95. The molecule has 0 radical (unpaired) electrons. The molecule has 1 atom stereocenters. The minimum atomic E-state index is -1.25. The van der Waals surface area contributed by atoms with Crippen molar-refractivity contribution in [3.63, 3.8) is 0 Å². The number of hydrogen-bond acceptors (Lipinski definition) is 4. The summed E-state index contributed by atoms with van der Waals surface area (Å²) in [6.07, 6.45) is 0.607. The smallest absolute Gasteiger partial charge is 0.326 e. The zero-order valence-electron chi connectivity index (χ0n) is 8.60. The summed E-state index contributed by atoms with van der Waals surface area (Å²) in [4.78, 5) is 32.5. The number of rotatable bonds is 6. The highest BCUT2D eigenvalue weighted by molar-refractivity contribution is 5.92. The van der Waals surface area contributed by atoms with Crippen molar-refractivity contribution in [2.24, 2.45) is 5.73 Å². The summed E-state index contributed by atoms with van der Waals surface area (Å²) in [7, 11) is 0. The Balaban J connectivity index is 2.47. The van der Waals surface area contributed by atoms with Crippen LogP contribution in [-0.2, 0) is 14.4 Å². The van der Waals surface area contributed by atoms with Crippen LogP contribution in [0.5, 0.6) is 0 Å². The van der Waals surface area contributed by atoms with Crippen molar-refractivity contribution in [2.75, 3.05) is 0 Å². The fourth-order valence-corrected chi connectivity index (χ4v) is 1.19. The van der Waals surface area contributed by atoms with Crippen molar-refractivity contribution < 1.29 is 24.6 Å². The minimum absolute atomic E-state index is 0.146. The van der Waals surface area contributed by atoms with Crippen LogP contribution in [0.1, 0.15) is 25.7 Å². The summed E-state index contributed by atoms with van der Waals surface area (Å²) in [5, 5.41) is 19.4. The molecule has 0 spiro atoms. The summed E-state index contributed by atoms with van der Waals surface area (Å²) >= 11 is 0. The minimum Gasteiger partial charge on any atom is -0.481 e. The van der Waals surface area contributed by atoms with Gasteiger partial charge < -0.3 is 21.3 Å². The molecule has 1 fully saturated rings. The summed E-state index contributed by atoms with van der Waals surface area (Å²) in [6.45, 7) is 0. The number of nitrogens with two attached hydrogens (primary N) is 1. The summed E-state index contributed by atoms with van der Waals surface area (Å²) in [6, 6.07) is -1.19. The number of carboxylic acid groups (broad SMARTS) is 2. The fourth-order valence-electron chi connectivity index (χ4n) is 1.19. The zero-order chi connectivity index (χ0) is 12.3. The molecule has 0 heterocycles. The molecule has 1 aliphatic rings. The van der Waals surface area contributed by atoms with Gasteiger partial charge in [-0.3, -0.25) is 9.59 Å². The van der Waals surface area contributed by atoms with Crippen LogP contribution in [0.15, 0.2) is 0 Å². The predicted molar refractivity (Wildman–Crippen MR) is 52.6 cm³/mol. The molecule has 0 aromatic rings. The second-order valence-corrected chi connectivity index (χ2v) is 3.95. The van der Waals surface area contributed by atoms with E-state index in [9.17, 15) is 14.4 Å². The molecule has 5 N–H and O–H groups in total. The van der Waals surface area contributed by atoms with Crippen molar-refractivity contribution in [3.8, 4) is 0 Å². The molecular weight excluding hydrogens is 216 g/mol. The molecule has 1 aliphatic carbocycles. The quantitative estimate of drug-likeness (QED) is 0.459. The topological polar surface area (TPSA) is 130 Å².